The molecule has 2 heterocycles. The molecule has 0 amide bonds. The molecule has 3 heteroatoms. The predicted octanol–water partition coefficient (Wildman–Crippen LogP) is 8.92. The van der Waals surface area contributed by atoms with Gasteiger partial charge >= 0.3 is 0 Å². The van der Waals surface area contributed by atoms with E-state index >= 15 is 0 Å². The third-order valence-electron chi connectivity index (χ3n) is 7.54. The van der Waals surface area contributed by atoms with Gasteiger partial charge in [0.15, 0.2) is 0 Å². The SMILES string of the molecule is NCc1cccc(-n2c3ccccc3c3c4ccc5ccccc5c4c4c5ccccc5sc4c32)c1. The molecule has 36 heavy (non-hydrogen) atoms. The summed E-state index contributed by atoms with van der Waals surface area (Å²) in [4.78, 5) is 0. The first-order valence-electron chi connectivity index (χ1n) is 12.3. The minimum Gasteiger partial charge on any atom is -0.326 e. The van der Waals surface area contributed by atoms with Crippen LogP contribution in [0.25, 0.3) is 69.2 Å². The van der Waals surface area contributed by atoms with Crippen LogP contribution in [0.3, 0.4) is 0 Å². The fourth-order valence-corrected chi connectivity index (χ4v) is 7.28. The Bertz CT molecular complexity index is 2150. The number of rotatable bonds is 2. The van der Waals surface area contributed by atoms with Crippen molar-refractivity contribution in [3.63, 3.8) is 0 Å². The van der Waals surface area contributed by atoms with Crippen molar-refractivity contribution in [1.29, 1.82) is 0 Å². The number of fused-ring (bicyclic) bond motifs is 12. The van der Waals surface area contributed by atoms with Crippen LogP contribution in [0.5, 0.6) is 0 Å². The zero-order valence-electron chi connectivity index (χ0n) is 19.5. The summed E-state index contributed by atoms with van der Waals surface area (Å²) in [6.45, 7) is 0.526. The number of hydrogen-bond donors (Lipinski definition) is 1. The molecule has 8 aromatic rings. The van der Waals surface area contributed by atoms with Crippen molar-refractivity contribution in [2.45, 2.75) is 6.54 Å². The molecule has 0 unspecified atom stereocenters. The molecule has 170 valence electrons. The average molecular weight is 479 g/mol. The Morgan fingerprint density at radius 2 is 1.39 bits per heavy atom. The van der Waals surface area contributed by atoms with Crippen LogP contribution in [0.4, 0.5) is 0 Å². The summed E-state index contributed by atoms with van der Waals surface area (Å²) in [6.07, 6.45) is 0. The van der Waals surface area contributed by atoms with E-state index in [9.17, 15) is 0 Å². The summed E-state index contributed by atoms with van der Waals surface area (Å²) in [6, 6.07) is 39.7. The first-order valence-corrected chi connectivity index (χ1v) is 13.1. The van der Waals surface area contributed by atoms with Crippen molar-refractivity contribution in [1.82, 2.24) is 4.57 Å². The number of benzene rings is 6. The second kappa shape index (κ2) is 7.41. The molecule has 2 N–H and O–H groups in total. The summed E-state index contributed by atoms with van der Waals surface area (Å²) < 4.78 is 5.11. The van der Waals surface area contributed by atoms with E-state index in [4.69, 9.17) is 5.73 Å². The molecule has 0 saturated carbocycles. The van der Waals surface area contributed by atoms with Crippen LogP contribution in [0.15, 0.2) is 109 Å². The van der Waals surface area contributed by atoms with Crippen molar-refractivity contribution in [3.8, 4) is 5.69 Å². The molecule has 8 rings (SSSR count). The second-order valence-corrected chi connectivity index (χ2v) is 10.5. The first kappa shape index (κ1) is 20.1. The topological polar surface area (TPSA) is 30.9 Å². The van der Waals surface area contributed by atoms with Crippen LogP contribution in [-0.4, -0.2) is 4.57 Å². The molecule has 0 saturated heterocycles. The molecule has 0 aliphatic carbocycles. The van der Waals surface area contributed by atoms with Gasteiger partial charge in [-0.2, -0.15) is 0 Å². The van der Waals surface area contributed by atoms with Gasteiger partial charge in [-0.1, -0.05) is 84.9 Å². The first-order chi connectivity index (χ1) is 17.8. The molecule has 0 spiro atoms. The zero-order chi connectivity index (χ0) is 23.8. The quantitative estimate of drug-likeness (QED) is 0.247. The normalized spacial score (nSPS) is 12.1. The Balaban J connectivity index is 1.74. The Kier molecular flexibility index (Phi) is 4.13. The smallest absolute Gasteiger partial charge is 0.0726 e. The Hall–Kier alpha value is -4.18. The van der Waals surface area contributed by atoms with Gasteiger partial charge < -0.3 is 10.3 Å². The summed E-state index contributed by atoms with van der Waals surface area (Å²) in [7, 11) is 0. The van der Waals surface area contributed by atoms with E-state index in [-0.39, 0.29) is 0 Å². The van der Waals surface area contributed by atoms with E-state index in [1.165, 1.54) is 63.5 Å². The summed E-state index contributed by atoms with van der Waals surface area (Å²) in [5, 5.41) is 10.5. The van der Waals surface area contributed by atoms with Crippen LogP contribution >= 0.6 is 11.3 Å². The minimum absolute atomic E-state index is 0.526. The van der Waals surface area contributed by atoms with Crippen LogP contribution in [0, 0.1) is 0 Å². The van der Waals surface area contributed by atoms with Gasteiger partial charge in [0.05, 0.1) is 15.7 Å². The third-order valence-corrected chi connectivity index (χ3v) is 8.72. The Labute approximate surface area is 211 Å². The van der Waals surface area contributed by atoms with Gasteiger partial charge in [-0.3, -0.25) is 0 Å². The highest BCUT2D eigenvalue weighted by atomic mass is 32.1. The van der Waals surface area contributed by atoms with E-state index in [1.54, 1.807) is 0 Å². The Morgan fingerprint density at radius 1 is 0.611 bits per heavy atom. The highest BCUT2D eigenvalue weighted by molar-refractivity contribution is 7.27. The van der Waals surface area contributed by atoms with Gasteiger partial charge in [0.1, 0.15) is 0 Å². The molecule has 0 radical (unpaired) electrons. The number of thiophene rings is 1. The maximum absolute atomic E-state index is 6.06. The molecule has 0 bridgehead atoms. The summed E-state index contributed by atoms with van der Waals surface area (Å²) >= 11 is 1.90. The van der Waals surface area contributed by atoms with Gasteiger partial charge in [-0.05, 0) is 51.4 Å². The lowest BCUT2D eigenvalue weighted by molar-refractivity contribution is 1.06. The molecular formula is C33H22N2S. The van der Waals surface area contributed by atoms with Crippen LogP contribution in [-0.2, 0) is 6.54 Å². The van der Waals surface area contributed by atoms with Crippen molar-refractivity contribution in [2.75, 3.05) is 0 Å². The lowest BCUT2D eigenvalue weighted by atomic mass is 9.94. The lowest BCUT2D eigenvalue weighted by Crippen LogP contribution is -1.99. The largest absolute Gasteiger partial charge is 0.326 e. The summed E-state index contributed by atoms with van der Waals surface area (Å²) in [5.41, 5.74) is 10.9. The van der Waals surface area contributed by atoms with Crippen molar-refractivity contribution < 1.29 is 0 Å². The van der Waals surface area contributed by atoms with Crippen molar-refractivity contribution >= 4 is 74.9 Å². The highest BCUT2D eigenvalue weighted by Crippen LogP contribution is 2.49. The summed E-state index contributed by atoms with van der Waals surface area (Å²) in [5.74, 6) is 0. The standard InChI is InChI=1S/C33H22N2S/c34-19-20-8-7-10-22(18-20)35-27-14-5-3-12-24(27)30-26-17-16-21-9-1-2-11-23(21)29(26)31-25-13-4-6-15-28(25)36-33(31)32(30)35/h1-18H,19,34H2. The monoisotopic (exact) mass is 478 g/mol. The second-order valence-electron chi connectivity index (χ2n) is 9.46. The zero-order valence-corrected chi connectivity index (χ0v) is 20.3. The van der Waals surface area contributed by atoms with Gasteiger partial charge in [0.25, 0.3) is 0 Å². The lowest BCUT2D eigenvalue weighted by Gasteiger charge is -2.12. The number of aromatic nitrogens is 1. The number of hydrogen-bond acceptors (Lipinski definition) is 2. The molecule has 0 aliphatic rings. The van der Waals surface area contributed by atoms with Gasteiger partial charge in [-0.25, -0.2) is 0 Å². The molecule has 2 nitrogen and oxygen atoms in total. The highest BCUT2D eigenvalue weighted by Gasteiger charge is 2.22. The van der Waals surface area contributed by atoms with Crippen molar-refractivity contribution in [3.05, 3.63) is 115 Å². The molecule has 0 atom stereocenters. The molecule has 0 aliphatic heterocycles. The fraction of sp³-hybridized carbons (Fsp3) is 0.0303. The maximum atomic E-state index is 6.06. The van der Waals surface area contributed by atoms with E-state index in [2.05, 4.69) is 114 Å². The predicted molar refractivity (Wildman–Crippen MR) is 157 cm³/mol. The van der Waals surface area contributed by atoms with Crippen LogP contribution < -0.4 is 5.73 Å². The minimum atomic E-state index is 0.526. The third kappa shape index (κ3) is 2.59. The fourth-order valence-electron chi connectivity index (χ4n) is 6.03. The maximum Gasteiger partial charge on any atom is 0.0726 e. The molecular weight excluding hydrogens is 456 g/mol. The molecule has 2 aromatic heterocycles. The number of nitrogens with zero attached hydrogens (tertiary/aromatic N) is 1. The van der Waals surface area contributed by atoms with E-state index in [0.717, 1.165) is 11.3 Å². The number of nitrogens with two attached hydrogens (primary N) is 1. The van der Waals surface area contributed by atoms with E-state index < -0.39 is 0 Å². The molecule has 6 aromatic carbocycles. The average Bonchev–Trinajstić information content (AvgIpc) is 3.49. The molecule has 0 fully saturated rings. The van der Waals surface area contributed by atoms with Crippen LogP contribution in [0.2, 0.25) is 0 Å². The number of para-hydroxylation sites is 1. The van der Waals surface area contributed by atoms with Gasteiger partial charge in [0.2, 0.25) is 0 Å². The van der Waals surface area contributed by atoms with Gasteiger partial charge in [0, 0.05) is 38.5 Å². The van der Waals surface area contributed by atoms with Crippen molar-refractivity contribution in [2.24, 2.45) is 5.73 Å². The van der Waals surface area contributed by atoms with Gasteiger partial charge in [-0.15, -0.1) is 11.3 Å². The Morgan fingerprint density at radius 3 is 2.28 bits per heavy atom. The van der Waals surface area contributed by atoms with E-state index in [0.29, 0.717) is 6.54 Å². The van der Waals surface area contributed by atoms with Crippen LogP contribution in [0.1, 0.15) is 5.56 Å². The van der Waals surface area contributed by atoms with E-state index in [1.807, 2.05) is 11.3 Å².